The number of halogens is 2. The molecule has 0 heterocycles. The molecule has 3 heteroatoms. The van der Waals surface area contributed by atoms with E-state index >= 15 is 0 Å². The van der Waals surface area contributed by atoms with Crippen molar-refractivity contribution in [3.63, 3.8) is 0 Å². The van der Waals surface area contributed by atoms with Crippen LogP contribution in [0.15, 0.2) is 0 Å². The van der Waals surface area contributed by atoms with Gasteiger partial charge in [0.05, 0.1) is 0 Å². The normalized spacial score (nSPS) is 26.8. The van der Waals surface area contributed by atoms with E-state index in [1.807, 2.05) is 0 Å². The van der Waals surface area contributed by atoms with Crippen molar-refractivity contribution in [1.29, 1.82) is 0 Å². The van der Waals surface area contributed by atoms with Gasteiger partial charge >= 0.3 is 37.9 Å². The van der Waals surface area contributed by atoms with Crippen molar-refractivity contribution < 1.29 is 20.8 Å². The molecule has 0 radical (unpaired) electrons. The molecule has 2 aliphatic carbocycles. The van der Waals surface area contributed by atoms with Crippen LogP contribution in [0, 0.1) is 38.5 Å². The number of unbranched alkanes of at least 4 members (excludes halogenated alkanes) is 2. The summed E-state index contributed by atoms with van der Waals surface area (Å²) in [5.41, 5.74) is 0. The van der Waals surface area contributed by atoms with Crippen molar-refractivity contribution in [3.05, 3.63) is 14.9 Å². The van der Waals surface area contributed by atoms with Crippen LogP contribution in [0.2, 0.25) is 0 Å². The molecule has 4 atom stereocenters. The summed E-state index contributed by atoms with van der Waals surface area (Å²) in [6.45, 7) is 9.37. The second kappa shape index (κ2) is 21.8. The van der Waals surface area contributed by atoms with E-state index in [-0.39, 0.29) is 14.9 Å². The Bertz CT molecular complexity index is 224. The molecule has 2 aliphatic rings. The van der Waals surface area contributed by atoms with Gasteiger partial charge in [0, 0.05) is 0 Å². The Labute approximate surface area is 180 Å². The summed E-state index contributed by atoms with van der Waals surface area (Å²) in [6.07, 6.45) is 17.7. The minimum atomic E-state index is -0.826. The molecular weight excluding hydrogens is 426 g/mol. The third kappa shape index (κ3) is 18.6. The van der Waals surface area contributed by atoms with E-state index in [4.69, 9.17) is 17.0 Å². The standard InChI is InChI=1S/2C10H20.2CH3.2ClH.Zr/c2*1-3-4-5-10-7-6-9(2)8-10;;;;;/h2*9-10H,3-8H2,1-2H3;2*1H3;2*1H;/q;;2*-1;;;+4/p-2. The molecule has 0 spiro atoms. The Morgan fingerprint density at radius 2 is 1.04 bits per heavy atom. The molecule has 0 N–H and O–H groups in total. The van der Waals surface area contributed by atoms with Crippen molar-refractivity contribution in [3.8, 4) is 0 Å². The third-order valence-electron chi connectivity index (χ3n) is 5.54. The third-order valence-corrected chi connectivity index (χ3v) is 5.54. The number of hydrogen-bond acceptors (Lipinski definition) is 0. The predicted molar refractivity (Wildman–Crippen MR) is 117 cm³/mol. The van der Waals surface area contributed by atoms with Crippen LogP contribution in [-0.2, 0) is 20.8 Å². The fourth-order valence-electron chi connectivity index (χ4n) is 4.16. The van der Waals surface area contributed by atoms with E-state index in [0.29, 0.717) is 0 Å². The summed E-state index contributed by atoms with van der Waals surface area (Å²) < 4.78 is 0. The molecule has 4 unspecified atom stereocenters. The van der Waals surface area contributed by atoms with Gasteiger partial charge in [-0.15, -0.1) is 0 Å². The zero-order valence-corrected chi connectivity index (χ0v) is 22.0. The Morgan fingerprint density at radius 1 is 0.720 bits per heavy atom. The van der Waals surface area contributed by atoms with E-state index < -0.39 is 20.8 Å². The van der Waals surface area contributed by atoms with E-state index in [1.54, 1.807) is 0 Å². The quantitative estimate of drug-likeness (QED) is 0.338. The fourth-order valence-corrected chi connectivity index (χ4v) is 4.16. The van der Waals surface area contributed by atoms with Crippen LogP contribution in [0.5, 0.6) is 0 Å². The first kappa shape index (κ1) is 31.2. The van der Waals surface area contributed by atoms with Crippen molar-refractivity contribution in [2.45, 2.75) is 105 Å². The first-order valence-corrected chi connectivity index (χ1v) is 16.4. The molecule has 0 aliphatic heterocycles. The van der Waals surface area contributed by atoms with Gasteiger partial charge in [-0.1, -0.05) is 91.9 Å². The van der Waals surface area contributed by atoms with Gasteiger partial charge in [-0.05, 0) is 36.5 Å². The monoisotopic (exact) mass is 470 g/mol. The summed E-state index contributed by atoms with van der Waals surface area (Å²) in [5.74, 6) is 4.24. The van der Waals surface area contributed by atoms with Crippen molar-refractivity contribution in [1.82, 2.24) is 0 Å². The first-order chi connectivity index (χ1) is 11.1. The molecule has 0 nitrogen and oxygen atoms in total. The second-order valence-electron chi connectivity index (χ2n) is 7.92. The van der Waals surface area contributed by atoms with Crippen LogP contribution in [0.3, 0.4) is 0 Å². The molecular formula is C22H46Cl2Zr. The second-order valence-corrected chi connectivity index (χ2v) is 11.7. The SMILES string of the molecule is CCCCC1CCC(C)C1.CCCCC1CCC(C)C1.[CH3-].[CH3-].[Cl][Zr+2][Cl]. The van der Waals surface area contributed by atoms with Gasteiger partial charge in [0.15, 0.2) is 0 Å². The molecule has 0 aromatic rings. The summed E-state index contributed by atoms with van der Waals surface area (Å²) in [4.78, 5) is 0. The average Bonchev–Trinajstić information content (AvgIpc) is 3.13. The maximum atomic E-state index is 4.93. The fraction of sp³-hybridized carbons (Fsp3) is 0.909. The molecule has 2 rings (SSSR count). The first-order valence-electron chi connectivity index (χ1n) is 10.0. The Morgan fingerprint density at radius 3 is 1.24 bits per heavy atom. The molecule has 0 aromatic heterocycles. The van der Waals surface area contributed by atoms with Crippen LogP contribution in [-0.4, -0.2) is 0 Å². The van der Waals surface area contributed by atoms with Crippen LogP contribution in [0.25, 0.3) is 0 Å². The summed E-state index contributed by atoms with van der Waals surface area (Å²) in [6, 6.07) is 0. The number of rotatable bonds is 6. The Balaban J connectivity index is -0.000000313. The van der Waals surface area contributed by atoms with E-state index in [1.165, 1.54) is 77.0 Å². The maximum absolute atomic E-state index is 4.93. The van der Waals surface area contributed by atoms with Crippen molar-refractivity contribution >= 4 is 17.0 Å². The van der Waals surface area contributed by atoms with Crippen molar-refractivity contribution in [2.24, 2.45) is 23.7 Å². The molecule has 0 bridgehead atoms. The molecule has 2 saturated carbocycles. The Kier molecular flexibility index (Phi) is 27.1. The van der Waals surface area contributed by atoms with Gasteiger partial charge in [0.25, 0.3) is 0 Å². The van der Waals surface area contributed by atoms with Gasteiger partial charge in [0.1, 0.15) is 0 Å². The molecule has 2 fully saturated rings. The predicted octanol–water partition coefficient (Wildman–Crippen LogP) is 9.50. The molecule has 152 valence electrons. The van der Waals surface area contributed by atoms with E-state index in [9.17, 15) is 0 Å². The van der Waals surface area contributed by atoms with E-state index in [2.05, 4.69) is 27.7 Å². The van der Waals surface area contributed by atoms with Crippen molar-refractivity contribution in [2.75, 3.05) is 0 Å². The molecule has 0 amide bonds. The van der Waals surface area contributed by atoms with Gasteiger partial charge in [-0.2, -0.15) is 0 Å². The van der Waals surface area contributed by atoms with Gasteiger partial charge in [-0.25, -0.2) is 0 Å². The minimum absolute atomic E-state index is 0. The summed E-state index contributed by atoms with van der Waals surface area (Å²) >= 11 is -0.826. The van der Waals surface area contributed by atoms with Crippen LogP contribution < -0.4 is 0 Å². The van der Waals surface area contributed by atoms with Gasteiger partial charge < -0.3 is 14.9 Å². The Hall–Kier alpha value is 1.46. The van der Waals surface area contributed by atoms with Gasteiger partial charge in [-0.3, -0.25) is 0 Å². The van der Waals surface area contributed by atoms with Crippen LogP contribution in [0.4, 0.5) is 0 Å². The summed E-state index contributed by atoms with van der Waals surface area (Å²) in [7, 11) is 9.87. The molecule has 25 heavy (non-hydrogen) atoms. The molecule has 0 aromatic carbocycles. The topological polar surface area (TPSA) is 0 Å². The summed E-state index contributed by atoms with van der Waals surface area (Å²) in [5, 5.41) is 0. The van der Waals surface area contributed by atoms with Crippen LogP contribution >= 0.6 is 17.0 Å². The van der Waals surface area contributed by atoms with Crippen LogP contribution in [0.1, 0.15) is 105 Å². The zero-order chi connectivity index (χ0) is 17.5. The zero-order valence-electron chi connectivity index (χ0n) is 18.1. The average molecular weight is 473 g/mol. The van der Waals surface area contributed by atoms with Gasteiger partial charge in [0.2, 0.25) is 0 Å². The molecule has 0 saturated heterocycles. The number of hydrogen-bond donors (Lipinski definition) is 0. The van der Waals surface area contributed by atoms with E-state index in [0.717, 1.165) is 23.7 Å².